The van der Waals surface area contributed by atoms with E-state index in [1.807, 2.05) is 69.3 Å². The van der Waals surface area contributed by atoms with Crippen molar-refractivity contribution in [3.8, 4) is 11.3 Å². The molecule has 1 amide bonds. The number of carbonyl (C=O) groups excluding carboxylic acids is 1. The summed E-state index contributed by atoms with van der Waals surface area (Å²) in [5.41, 5.74) is 9.85. The van der Waals surface area contributed by atoms with Gasteiger partial charge >= 0.3 is 0 Å². The molecule has 3 N–H and O–H groups in total. The first kappa shape index (κ1) is 23.0. The maximum absolute atomic E-state index is 12.8. The van der Waals surface area contributed by atoms with E-state index in [9.17, 15) is 9.36 Å². The van der Waals surface area contributed by atoms with Gasteiger partial charge in [-0.25, -0.2) is 9.97 Å². The minimum atomic E-state index is -2.10. The number of rotatable bonds is 8. The Morgan fingerprint density at radius 3 is 2.32 bits per heavy atom. The van der Waals surface area contributed by atoms with Gasteiger partial charge in [0.25, 0.3) is 5.91 Å². The van der Waals surface area contributed by atoms with E-state index in [1.165, 1.54) is 0 Å². The second-order valence-electron chi connectivity index (χ2n) is 7.30. The van der Waals surface area contributed by atoms with Crippen LogP contribution < -0.4 is 11.1 Å². The lowest BCUT2D eigenvalue weighted by Gasteiger charge is -2.13. The van der Waals surface area contributed by atoms with Crippen molar-refractivity contribution in [2.45, 2.75) is 25.7 Å². The number of carbonyl (C=O) groups is 1. The first-order valence-electron chi connectivity index (χ1n) is 10.1. The molecule has 0 aliphatic carbocycles. The third-order valence-electron chi connectivity index (χ3n) is 5.09. The molecule has 3 aromatic rings. The molecule has 0 fully saturated rings. The summed E-state index contributed by atoms with van der Waals surface area (Å²) in [5, 5.41) is 2.82. The van der Waals surface area contributed by atoms with Gasteiger partial charge in [-0.2, -0.15) is 0 Å². The lowest BCUT2D eigenvalue weighted by Crippen LogP contribution is -2.17. The van der Waals surface area contributed by atoms with Crippen LogP contribution in [0, 0.1) is 6.92 Å². The normalized spacial score (nSPS) is 11.3. The van der Waals surface area contributed by atoms with Gasteiger partial charge in [0.2, 0.25) is 0 Å². The van der Waals surface area contributed by atoms with Gasteiger partial charge in [-0.05, 0) is 43.5 Å². The zero-order valence-corrected chi connectivity index (χ0v) is 19.7. The summed E-state index contributed by atoms with van der Waals surface area (Å²) < 4.78 is 12.6. The van der Waals surface area contributed by atoms with Gasteiger partial charge < -0.3 is 15.6 Å². The fraction of sp³-hybridized carbons (Fsp3) is 0.261. The highest BCUT2D eigenvalue weighted by molar-refractivity contribution is 8.05. The van der Waals surface area contributed by atoms with Gasteiger partial charge in [-0.1, -0.05) is 43.7 Å². The van der Waals surface area contributed by atoms with E-state index >= 15 is 0 Å². The molecule has 0 spiro atoms. The Morgan fingerprint density at radius 2 is 1.71 bits per heavy atom. The van der Waals surface area contributed by atoms with Crippen LogP contribution in [0.15, 0.2) is 59.6 Å². The highest BCUT2D eigenvalue weighted by atomic mass is 32.2. The molecular weight excluding hydrogens is 427 g/mol. The van der Waals surface area contributed by atoms with Crippen LogP contribution in [-0.2, 0) is 4.57 Å². The fourth-order valence-corrected chi connectivity index (χ4v) is 6.63. The van der Waals surface area contributed by atoms with Crippen molar-refractivity contribution in [1.29, 1.82) is 0 Å². The molecule has 31 heavy (non-hydrogen) atoms. The molecular formula is C23H27N4O2PS. The highest BCUT2D eigenvalue weighted by Crippen LogP contribution is 2.49. The summed E-state index contributed by atoms with van der Waals surface area (Å²) in [6.45, 7) is 5.96. The first-order valence-corrected chi connectivity index (χ1v) is 13.4. The van der Waals surface area contributed by atoms with Crippen molar-refractivity contribution in [2.75, 3.05) is 28.9 Å². The highest BCUT2D eigenvalue weighted by Gasteiger charge is 2.18. The average molecular weight is 455 g/mol. The average Bonchev–Trinajstić information content (AvgIpc) is 2.79. The number of nitrogens with zero attached hydrogens (tertiary/aromatic N) is 2. The van der Waals surface area contributed by atoms with E-state index in [0.29, 0.717) is 16.9 Å². The number of aromatic nitrogens is 2. The molecule has 2 aromatic carbocycles. The van der Waals surface area contributed by atoms with Crippen molar-refractivity contribution in [2.24, 2.45) is 0 Å². The minimum absolute atomic E-state index is 0.0791. The number of nitrogens with two attached hydrogens (primary N) is 1. The maximum atomic E-state index is 12.8. The molecule has 0 unspecified atom stereocenters. The van der Waals surface area contributed by atoms with Crippen molar-refractivity contribution >= 4 is 36.3 Å². The third kappa shape index (κ3) is 5.96. The minimum Gasteiger partial charge on any atom is -0.382 e. The van der Waals surface area contributed by atoms with Crippen LogP contribution in [-0.4, -0.2) is 33.7 Å². The number of amides is 1. The number of anilines is 2. The van der Waals surface area contributed by atoms with Crippen LogP contribution in [0.1, 0.15) is 29.9 Å². The van der Waals surface area contributed by atoms with E-state index < -0.39 is 13.0 Å². The van der Waals surface area contributed by atoms with Gasteiger partial charge in [0.1, 0.15) is 0 Å². The Labute approximate surface area is 187 Å². The summed E-state index contributed by atoms with van der Waals surface area (Å²) in [6.07, 6.45) is 3.00. The molecule has 0 saturated heterocycles. The Bertz CT molecular complexity index is 1090. The molecule has 0 aliphatic rings. The van der Waals surface area contributed by atoms with Crippen molar-refractivity contribution in [3.05, 3.63) is 66.0 Å². The summed E-state index contributed by atoms with van der Waals surface area (Å²) in [4.78, 5) is 22.3. The number of nitrogens with one attached hydrogen (secondary N) is 1. The van der Waals surface area contributed by atoms with Crippen LogP contribution in [0.2, 0.25) is 0 Å². The first-order chi connectivity index (χ1) is 14.8. The van der Waals surface area contributed by atoms with Gasteiger partial charge in [-0.3, -0.25) is 4.79 Å². The molecule has 8 heteroatoms. The Balaban J connectivity index is 1.70. The molecule has 0 aliphatic heterocycles. The fourth-order valence-electron chi connectivity index (χ4n) is 2.85. The number of nitrogen functional groups attached to an aromatic ring is 1. The third-order valence-corrected chi connectivity index (χ3v) is 10.4. The Morgan fingerprint density at radius 1 is 1.06 bits per heavy atom. The number of hydrogen-bond acceptors (Lipinski definition) is 6. The topological polar surface area (TPSA) is 98.0 Å². The van der Waals surface area contributed by atoms with Crippen LogP contribution in [0.4, 0.5) is 11.5 Å². The van der Waals surface area contributed by atoms with Crippen LogP contribution in [0.3, 0.4) is 0 Å². The standard InChI is InChI=1S/C23H27N4O2PS/c1-4-30(29,5-2)15-31-19-12-10-18(11-13-19)26-23(28)21-22(24)25-14-20(27-21)17-8-6-16(3)7-9-17/h6-14H,4-5,15H2,1-3H3,(H2,24,25)(H,26,28). The van der Waals surface area contributed by atoms with E-state index in [1.54, 1.807) is 18.0 Å². The summed E-state index contributed by atoms with van der Waals surface area (Å²) in [5.74, 6) is -0.337. The van der Waals surface area contributed by atoms with Crippen molar-refractivity contribution < 1.29 is 9.36 Å². The van der Waals surface area contributed by atoms with Crippen LogP contribution in [0.5, 0.6) is 0 Å². The molecule has 0 radical (unpaired) electrons. The second kappa shape index (κ2) is 10.1. The van der Waals surface area contributed by atoms with Crippen molar-refractivity contribution in [3.63, 3.8) is 0 Å². The van der Waals surface area contributed by atoms with Gasteiger partial charge in [0, 0.05) is 16.1 Å². The van der Waals surface area contributed by atoms with Gasteiger partial charge in [0.15, 0.2) is 11.5 Å². The smallest absolute Gasteiger partial charge is 0.278 e. The van der Waals surface area contributed by atoms with Crippen molar-refractivity contribution in [1.82, 2.24) is 9.97 Å². The Hall–Kier alpha value is -2.63. The molecule has 3 rings (SSSR count). The number of aryl methyl sites for hydroxylation is 1. The predicted molar refractivity (Wildman–Crippen MR) is 130 cm³/mol. The van der Waals surface area contributed by atoms with E-state index in [-0.39, 0.29) is 11.5 Å². The molecule has 0 bridgehead atoms. The lowest BCUT2D eigenvalue weighted by atomic mass is 10.1. The molecule has 1 heterocycles. The molecule has 0 saturated carbocycles. The molecule has 1 aromatic heterocycles. The monoisotopic (exact) mass is 454 g/mol. The van der Waals surface area contributed by atoms with E-state index in [2.05, 4.69) is 15.3 Å². The number of hydrogen-bond donors (Lipinski definition) is 2. The summed E-state index contributed by atoms with van der Waals surface area (Å²) in [6, 6.07) is 15.3. The number of benzene rings is 2. The summed E-state index contributed by atoms with van der Waals surface area (Å²) >= 11 is 1.59. The van der Waals surface area contributed by atoms with Gasteiger partial charge in [-0.15, -0.1) is 11.8 Å². The predicted octanol–water partition coefficient (Wildman–Crippen LogP) is 5.74. The molecule has 162 valence electrons. The largest absolute Gasteiger partial charge is 0.382 e. The molecule has 6 nitrogen and oxygen atoms in total. The van der Waals surface area contributed by atoms with Gasteiger partial charge in [0.05, 0.1) is 24.5 Å². The quantitative estimate of drug-likeness (QED) is 0.333. The Kier molecular flexibility index (Phi) is 7.52. The van der Waals surface area contributed by atoms with Crippen LogP contribution >= 0.6 is 18.9 Å². The van der Waals surface area contributed by atoms with E-state index in [4.69, 9.17) is 5.73 Å². The van der Waals surface area contributed by atoms with Crippen LogP contribution in [0.25, 0.3) is 11.3 Å². The SMILES string of the molecule is CCP(=O)(CC)CSc1ccc(NC(=O)c2nc(-c3ccc(C)cc3)cnc2N)cc1. The van der Waals surface area contributed by atoms with E-state index in [0.717, 1.165) is 28.3 Å². The second-order valence-corrected chi connectivity index (χ2v) is 12.5. The zero-order chi connectivity index (χ0) is 22.4. The zero-order valence-electron chi connectivity index (χ0n) is 18.0. The summed E-state index contributed by atoms with van der Waals surface area (Å²) in [7, 11) is -2.10. The lowest BCUT2D eigenvalue weighted by molar-refractivity contribution is 0.102. The molecule has 0 atom stereocenters. The maximum Gasteiger partial charge on any atom is 0.278 e. The number of thioether (sulfide) groups is 1.